The summed E-state index contributed by atoms with van der Waals surface area (Å²) in [6, 6.07) is 8.33. The van der Waals surface area contributed by atoms with E-state index < -0.39 is 55.5 Å². The molecule has 4 N–H and O–H groups in total. The summed E-state index contributed by atoms with van der Waals surface area (Å²) < 4.78 is 52.2. The Morgan fingerprint density at radius 3 is 2.73 bits per heavy atom. The van der Waals surface area contributed by atoms with Gasteiger partial charge in [-0.1, -0.05) is 29.8 Å². The molecule has 17 heteroatoms. The predicted octanol–water partition coefficient (Wildman–Crippen LogP) is 2.38. The number of benzene rings is 1. The molecule has 0 aliphatic carbocycles. The Balaban J connectivity index is 1.61. The number of ether oxygens (including phenoxy) is 2. The summed E-state index contributed by atoms with van der Waals surface area (Å²) in [6.07, 6.45) is -2.07. The van der Waals surface area contributed by atoms with Gasteiger partial charge >= 0.3 is 19.4 Å². The highest BCUT2D eigenvalue weighted by atomic mass is 35.5. The monoisotopic (exact) mass is 597 g/mol. The molecule has 14 nitrogen and oxygen atoms in total. The number of fused-ring (bicyclic) bond motifs is 1. The Bertz CT molecular complexity index is 1470. The molecule has 214 valence electrons. The molecule has 1 aromatic carbocycles. The summed E-state index contributed by atoms with van der Waals surface area (Å²) in [5.74, 6) is -0.636. The van der Waals surface area contributed by atoms with Crippen LogP contribution in [0.15, 0.2) is 42.9 Å². The molecule has 6 atom stereocenters. The van der Waals surface area contributed by atoms with Gasteiger partial charge in [0.15, 0.2) is 5.65 Å². The van der Waals surface area contributed by atoms with E-state index in [0.29, 0.717) is 0 Å². The fraction of sp³-hybridized carbons (Fsp3) is 0.435. The number of aliphatic hydroxyl groups is 1. The summed E-state index contributed by atoms with van der Waals surface area (Å²) in [4.78, 5) is 20.1. The number of anilines is 1. The number of aromatic nitrogens is 4. The molecule has 1 aliphatic heterocycles. The largest absolute Gasteiger partial charge is 0.462 e. The van der Waals surface area contributed by atoms with Crippen LogP contribution in [0, 0.1) is 11.3 Å². The number of rotatable bonds is 10. The number of nitrogens with zero attached hydrogens (tertiary/aromatic N) is 5. The number of nitrogens with two attached hydrogens (primary N) is 1. The second-order valence-corrected chi connectivity index (χ2v) is 11.3. The van der Waals surface area contributed by atoms with Gasteiger partial charge in [0.2, 0.25) is 0 Å². The normalized spacial score (nSPS) is 26.8. The van der Waals surface area contributed by atoms with Gasteiger partial charge in [-0.3, -0.25) is 9.32 Å². The molecular weight excluding hydrogens is 572 g/mol. The second kappa shape index (κ2) is 11.2. The summed E-state index contributed by atoms with van der Waals surface area (Å²) in [5, 5.41) is 24.1. The van der Waals surface area contributed by atoms with E-state index in [9.17, 15) is 19.7 Å². The first kappa shape index (κ1) is 29.6. The van der Waals surface area contributed by atoms with Crippen molar-refractivity contribution in [1.82, 2.24) is 24.8 Å². The molecule has 1 fully saturated rings. The summed E-state index contributed by atoms with van der Waals surface area (Å²) in [7, 11) is -4.42. The van der Waals surface area contributed by atoms with Crippen LogP contribution < -0.4 is 15.3 Å². The minimum atomic E-state index is -4.42. The van der Waals surface area contributed by atoms with E-state index >= 15 is 4.39 Å². The quantitative estimate of drug-likeness (QED) is 0.175. The molecule has 0 spiro atoms. The first-order valence-electron chi connectivity index (χ1n) is 11.9. The summed E-state index contributed by atoms with van der Waals surface area (Å²) >= 11 is 6.09. The zero-order chi connectivity index (χ0) is 29.3. The number of nitrogen functional groups attached to an aromatic ring is 1. The smallest absolute Gasteiger partial charge is 0.459 e. The topological polar surface area (TPSA) is 197 Å². The van der Waals surface area contributed by atoms with E-state index in [1.807, 2.05) is 0 Å². The van der Waals surface area contributed by atoms with Crippen molar-refractivity contribution in [3.05, 3.63) is 42.9 Å². The number of halogens is 2. The van der Waals surface area contributed by atoms with Crippen LogP contribution in [0.4, 0.5) is 10.2 Å². The standard InChI is InChI=1S/C23H26ClFN7O7P/c1-13(2)37-21(34)14(3)31-40(35,39-15-7-5-4-6-8-15)36-10-17-18(33)23(24,25)22(11-26,38-17)32-20-16(9-30-32)19(27)28-12-29-20/h4-9,12-14,17-18,33H,10H2,1-3H3,(H,31,35)(H2,27,28,29)/t14?,17-,18-,22-,23-,40-/m1/s1. The van der Waals surface area contributed by atoms with Gasteiger partial charge in [0.25, 0.3) is 5.13 Å². The van der Waals surface area contributed by atoms with Gasteiger partial charge in [-0.25, -0.2) is 18.9 Å². The van der Waals surface area contributed by atoms with Crippen molar-refractivity contribution in [2.45, 2.75) is 56.0 Å². The number of carbonyl (C=O) groups is 1. The summed E-state index contributed by atoms with van der Waals surface area (Å²) in [5.41, 5.74) is 2.96. The molecule has 40 heavy (non-hydrogen) atoms. The first-order chi connectivity index (χ1) is 18.8. The number of hydrogen-bond acceptors (Lipinski definition) is 12. The number of alkyl halides is 2. The zero-order valence-electron chi connectivity index (χ0n) is 21.5. The van der Waals surface area contributed by atoms with E-state index in [-0.39, 0.29) is 22.6 Å². The lowest BCUT2D eigenvalue weighted by molar-refractivity contribution is -0.149. The lowest BCUT2D eigenvalue weighted by Crippen LogP contribution is -2.50. The third-order valence-corrected chi connectivity index (χ3v) is 7.90. The minimum absolute atomic E-state index is 0.00279. The van der Waals surface area contributed by atoms with Crippen LogP contribution in [0.3, 0.4) is 0 Å². The SMILES string of the molecule is CC(C)OC(=O)C(C)N[P@@](=O)(OC[C@H]1O[C@@](C#N)(n2ncc3c(N)ncnc32)[C@@](F)(Cl)[C@@H]1O)Oc1ccccc1. The molecule has 4 rings (SSSR count). The molecule has 1 aliphatic rings. The predicted molar refractivity (Wildman–Crippen MR) is 138 cm³/mol. The molecule has 3 heterocycles. The molecule has 0 amide bonds. The minimum Gasteiger partial charge on any atom is -0.462 e. The molecular formula is C23H26ClFN7O7P. The van der Waals surface area contributed by atoms with Gasteiger partial charge in [0.1, 0.15) is 42.2 Å². The molecule has 0 bridgehead atoms. The Morgan fingerprint density at radius 1 is 1.38 bits per heavy atom. The zero-order valence-corrected chi connectivity index (χ0v) is 23.1. The fourth-order valence-corrected chi connectivity index (χ4v) is 5.67. The number of hydrogen-bond donors (Lipinski definition) is 3. The van der Waals surface area contributed by atoms with Crippen LogP contribution >= 0.6 is 19.3 Å². The Kier molecular flexibility index (Phi) is 8.32. The Morgan fingerprint density at radius 2 is 2.08 bits per heavy atom. The van der Waals surface area contributed by atoms with Crippen molar-refractivity contribution in [1.29, 1.82) is 5.26 Å². The lowest BCUT2D eigenvalue weighted by Gasteiger charge is -2.29. The average molecular weight is 598 g/mol. The van der Waals surface area contributed by atoms with Gasteiger partial charge in [-0.05, 0) is 32.9 Å². The second-order valence-electron chi connectivity index (χ2n) is 9.07. The van der Waals surface area contributed by atoms with Gasteiger partial charge in [-0.15, -0.1) is 0 Å². The maximum Gasteiger partial charge on any atom is 0.459 e. The van der Waals surface area contributed by atoms with E-state index in [1.165, 1.54) is 25.3 Å². The van der Waals surface area contributed by atoms with Crippen LogP contribution in [-0.4, -0.2) is 66.9 Å². The third-order valence-electron chi connectivity index (χ3n) is 5.78. The number of carbonyl (C=O) groups excluding carboxylic acids is 1. The van der Waals surface area contributed by atoms with Crippen molar-refractivity contribution in [2.24, 2.45) is 0 Å². The first-order valence-corrected chi connectivity index (χ1v) is 13.8. The average Bonchev–Trinajstić information content (AvgIpc) is 3.41. The molecule has 0 radical (unpaired) electrons. The van der Waals surface area contributed by atoms with Gasteiger partial charge < -0.3 is 24.8 Å². The summed E-state index contributed by atoms with van der Waals surface area (Å²) in [6.45, 7) is 3.85. The van der Waals surface area contributed by atoms with Crippen molar-refractivity contribution >= 4 is 42.2 Å². The number of aliphatic hydroxyl groups excluding tert-OH is 1. The number of nitriles is 1. The Labute approximate surface area is 232 Å². The fourth-order valence-electron chi connectivity index (χ4n) is 3.86. The van der Waals surface area contributed by atoms with Crippen molar-refractivity contribution in [2.75, 3.05) is 12.3 Å². The van der Waals surface area contributed by atoms with E-state index in [4.69, 9.17) is 35.9 Å². The molecule has 3 aromatic rings. The van der Waals surface area contributed by atoms with E-state index in [0.717, 1.165) is 11.0 Å². The van der Waals surface area contributed by atoms with Crippen molar-refractivity contribution in [3.8, 4) is 11.8 Å². The van der Waals surface area contributed by atoms with Gasteiger partial charge in [0.05, 0.1) is 24.3 Å². The molecule has 2 aromatic heterocycles. The lowest BCUT2D eigenvalue weighted by atomic mass is 10.0. The number of esters is 1. The van der Waals surface area contributed by atoms with Crippen LogP contribution in [0.5, 0.6) is 5.75 Å². The molecule has 1 unspecified atom stereocenters. The molecule has 0 saturated carbocycles. The Hall–Kier alpha value is -3.38. The van der Waals surface area contributed by atoms with Gasteiger partial charge in [-0.2, -0.15) is 20.1 Å². The van der Waals surface area contributed by atoms with Crippen LogP contribution in [0.1, 0.15) is 20.8 Å². The highest BCUT2D eigenvalue weighted by Crippen LogP contribution is 2.52. The van der Waals surface area contributed by atoms with E-state index in [2.05, 4.69) is 20.2 Å². The van der Waals surface area contributed by atoms with Crippen LogP contribution in [0.2, 0.25) is 0 Å². The van der Waals surface area contributed by atoms with Gasteiger partial charge in [0, 0.05) is 0 Å². The number of nitrogens with one attached hydrogen (secondary N) is 1. The van der Waals surface area contributed by atoms with Crippen molar-refractivity contribution < 1.29 is 37.4 Å². The highest BCUT2D eigenvalue weighted by Gasteiger charge is 2.70. The molecule has 1 saturated heterocycles. The van der Waals surface area contributed by atoms with Crippen LogP contribution in [-0.2, 0) is 29.1 Å². The third kappa shape index (κ3) is 5.46. The maximum absolute atomic E-state index is 16.0. The van der Waals surface area contributed by atoms with E-state index in [1.54, 1.807) is 38.1 Å². The van der Waals surface area contributed by atoms with Crippen LogP contribution in [0.25, 0.3) is 11.0 Å². The number of para-hydroxylation sites is 1. The van der Waals surface area contributed by atoms with Crippen molar-refractivity contribution in [3.63, 3.8) is 0 Å². The highest BCUT2D eigenvalue weighted by molar-refractivity contribution is 7.52. The maximum atomic E-state index is 16.0.